The van der Waals surface area contributed by atoms with Crippen LogP contribution in [-0.2, 0) is 0 Å². The highest BCUT2D eigenvalue weighted by Gasteiger charge is 2.12. The van der Waals surface area contributed by atoms with Gasteiger partial charge in [-0.25, -0.2) is 9.97 Å². The summed E-state index contributed by atoms with van der Waals surface area (Å²) in [6, 6.07) is 51.4. The molecule has 0 saturated carbocycles. The molecule has 3 aromatic heterocycles. The minimum absolute atomic E-state index is 0.889. The molecule has 0 radical (unpaired) electrons. The quantitative estimate of drug-likeness (QED) is 0.202. The molecule has 3 nitrogen and oxygen atoms in total. The van der Waals surface area contributed by atoms with Crippen molar-refractivity contribution in [1.29, 1.82) is 0 Å². The van der Waals surface area contributed by atoms with Crippen LogP contribution in [0.15, 0.2) is 152 Å². The Bertz CT molecular complexity index is 2570. The summed E-state index contributed by atoms with van der Waals surface area (Å²) in [5.74, 6) is 0. The fourth-order valence-corrected chi connectivity index (χ4v) is 6.44. The van der Waals surface area contributed by atoms with E-state index in [1.807, 2.05) is 24.4 Å². The monoisotopic (exact) mass is 559 g/mol. The Morgan fingerprint density at radius 2 is 0.977 bits per heavy atom. The largest absolute Gasteiger partial charge is 0.256 e. The highest BCUT2D eigenvalue weighted by molar-refractivity contribution is 6.14. The van der Waals surface area contributed by atoms with Crippen molar-refractivity contribution in [3.63, 3.8) is 0 Å². The maximum atomic E-state index is 5.23. The first-order valence-corrected chi connectivity index (χ1v) is 14.9. The van der Waals surface area contributed by atoms with Crippen LogP contribution in [0.2, 0.25) is 0 Å². The number of rotatable bonds is 3. The van der Waals surface area contributed by atoms with Crippen LogP contribution in [0.25, 0.3) is 87.9 Å². The molecule has 0 spiro atoms. The summed E-state index contributed by atoms with van der Waals surface area (Å²) >= 11 is 0. The van der Waals surface area contributed by atoms with Crippen LogP contribution in [-0.4, -0.2) is 15.0 Å². The lowest BCUT2D eigenvalue weighted by Gasteiger charge is -2.12. The zero-order chi connectivity index (χ0) is 29.0. The molecule has 0 aliphatic heterocycles. The average molecular weight is 560 g/mol. The van der Waals surface area contributed by atoms with Crippen LogP contribution in [0.1, 0.15) is 0 Å². The normalized spacial score (nSPS) is 11.6. The number of fused-ring (bicyclic) bond motifs is 7. The Morgan fingerprint density at radius 1 is 0.364 bits per heavy atom. The van der Waals surface area contributed by atoms with Gasteiger partial charge >= 0.3 is 0 Å². The van der Waals surface area contributed by atoms with Gasteiger partial charge in [0.2, 0.25) is 0 Å². The van der Waals surface area contributed by atoms with E-state index in [2.05, 4.69) is 132 Å². The second-order valence-electron chi connectivity index (χ2n) is 11.3. The predicted octanol–water partition coefficient (Wildman–Crippen LogP) is 10.6. The minimum atomic E-state index is 0.889. The van der Waals surface area contributed by atoms with Gasteiger partial charge in [0.15, 0.2) is 0 Å². The third-order valence-electron chi connectivity index (χ3n) is 8.64. The zero-order valence-corrected chi connectivity index (χ0v) is 23.8. The number of para-hydroxylation sites is 1. The van der Waals surface area contributed by atoms with Crippen molar-refractivity contribution in [2.75, 3.05) is 0 Å². The highest BCUT2D eigenvalue weighted by Crippen LogP contribution is 2.37. The number of pyridine rings is 3. The molecule has 0 atom stereocenters. The second kappa shape index (κ2) is 9.82. The van der Waals surface area contributed by atoms with E-state index in [-0.39, 0.29) is 0 Å². The topological polar surface area (TPSA) is 38.7 Å². The van der Waals surface area contributed by atoms with Gasteiger partial charge in [-0.2, -0.15) is 0 Å². The van der Waals surface area contributed by atoms with E-state index < -0.39 is 0 Å². The lowest BCUT2D eigenvalue weighted by atomic mass is 9.92. The van der Waals surface area contributed by atoms with Gasteiger partial charge in [0.25, 0.3) is 0 Å². The molecular formula is C41H25N3. The van der Waals surface area contributed by atoms with E-state index >= 15 is 0 Å². The Morgan fingerprint density at radius 3 is 1.77 bits per heavy atom. The first-order valence-electron chi connectivity index (χ1n) is 14.9. The molecule has 0 amide bonds. The maximum Gasteiger partial charge on any atom is 0.0972 e. The van der Waals surface area contributed by atoms with Crippen molar-refractivity contribution in [3.05, 3.63) is 152 Å². The number of aromatic nitrogens is 3. The van der Waals surface area contributed by atoms with Crippen molar-refractivity contribution in [3.8, 4) is 33.6 Å². The summed E-state index contributed by atoms with van der Waals surface area (Å²) in [6.07, 6.45) is 1.91. The smallest absolute Gasteiger partial charge is 0.0972 e. The Labute approximate surface area is 254 Å². The number of nitrogens with zero attached hydrogens (tertiary/aromatic N) is 3. The third kappa shape index (κ3) is 4.02. The van der Waals surface area contributed by atoms with Gasteiger partial charge < -0.3 is 0 Å². The van der Waals surface area contributed by atoms with Crippen molar-refractivity contribution in [2.24, 2.45) is 0 Å². The van der Waals surface area contributed by atoms with Crippen molar-refractivity contribution >= 4 is 54.3 Å². The fourth-order valence-electron chi connectivity index (χ4n) is 6.44. The molecule has 3 heteroatoms. The summed E-state index contributed by atoms with van der Waals surface area (Å²) in [7, 11) is 0. The Hall–Kier alpha value is -5.93. The van der Waals surface area contributed by atoms with Gasteiger partial charge in [-0.05, 0) is 69.1 Å². The third-order valence-corrected chi connectivity index (χ3v) is 8.64. The molecule has 9 rings (SSSR count). The van der Waals surface area contributed by atoms with Crippen LogP contribution in [0.4, 0.5) is 0 Å². The van der Waals surface area contributed by atoms with E-state index in [1.165, 1.54) is 32.7 Å². The maximum absolute atomic E-state index is 5.23. The first kappa shape index (κ1) is 24.6. The van der Waals surface area contributed by atoms with Crippen molar-refractivity contribution in [1.82, 2.24) is 15.0 Å². The van der Waals surface area contributed by atoms with Gasteiger partial charge in [-0.1, -0.05) is 109 Å². The molecule has 9 aromatic rings. The summed E-state index contributed by atoms with van der Waals surface area (Å²) in [4.78, 5) is 15.0. The van der Waals surface area contributed by atoms with Gasteiger partial charge in [0, 0.05) is 33.5 Å². The van der Waals surface area contributed by atoms with E-state index in [0.717, 1.165) is 55.2 Å². The molecule has 204 valence electrons. The second-order valence-corrected chi connectivity index (χ2v) is 11.3. The van der Waals surface area contributed by atoms with Gasteiger partial charge in [-0.15, -0.1) is 0 Å². The van der Waals surface area contributed by atoms with Crippen LogP contribution < -0.4 is 0 Å². The average Bonchev–Trinajstić information content (AvgIpc) is 3.10. The summed E-state index contributed by atoms with van der Waals surface area (Å²) < 4.78 is 0. The predicted molar refractivity (Wildman–Crippen MR) is 184 cm³/mol. The Kier molecular flexibility index (Phi) is 5.50. The number of hydrogen-bond acceptors (Lipinski definition) is 3. The van der Waals surface area contributed by atoms with Gasteiger partial charge in [0.1, 0.15) is 0 Å². The standard InChI is InChI=1S/C41H25N3/c1-3-12-33-29(8-1)24-36(35-14-5-4-13-34(33)35)28-10-7-11-31(22-28)38-20-18-26-16-17-27-19-21-39(44-41(27)40(26)43-38)32-23-30-9-2-6-15-37(30)42-25-32/h1-25H. The van der Waals surface area contributed by atoms with Crippen LogP contribution in [0.5, 0.6) is 0 Å². The van der Waals surface area contributed by atoms with E-state index in [4.69, 9.17) is 9.97 Å². The summed E-state index contributed by atoms with van der Waals surface area (Å²) in [5, 5.41) is 8.27. The summed E-state index contributed by atoms with van der Waals surface area (Å²) in [6.45, 7) is 0. The molecule has 6 aromatic carbocycles. The minimum Gasteiger partial charge on any atom is -0.256 e. The zero-order valence-electron chi connectivity index (χ0n) is 23.8. The van der Waals surface area contributed by atoms with Crippen molar-refractivity contribution < 1.29 is 0 Å². The van der Waals surface area contributed by atoms with E-state index in [1.54, 1.807) is 0 Å². The molecule has 0 saturated heterocycles. The first-order chi connectivity index (χ1) is 21.8. The van der Waals surface area contributed by atoms with Crippen LogP contribution in [0.3, 0.4) is 0 Å². The molecular weight excluding hydrogens is 534 g/mol. The van der Waals surface area contributed by atoms with Crippen LogP contribution in [0, 0.1) is 0 Å². The molecule has 0 N–H and O–H groups in total. The highest BCUT2D eigenvalue weighted by atomic mass is 14.8. The Balaban J connectivity index is 1.19. The van der Waals surface area contributed by atoms with Gasteiger partial charge in [-0.3, -0.25) is 4.98 Å². The lowest BCUT2D eigenvalue weighted by Crippen LogP contribution is -1.92. The molecule has 3 heterocycles. The molecule has 0 aliphatic rings. The fraction of sp³-hybridized carbons (Fsp3) is 0. The molecule has 44 heavy (non-hydrogen) atoms. The number of benzene rings is 6. The number of hydrogen-bond donors (Lipinski definition) is 0. The summed E-state index contributed by atoms with van der Waals surface area (Å²) in [5.41, 5.74) is 9.06. The molecule has 0 unspecified atom stereocenters. The van der Waals surface area contributed by atoms with E-state index in [0.29, 0.717) is 0 Å². The van der Waals surface area contributed by atoms with Gasteiger partial charge in [0.05, 0.1) is 27.9 Å². The molecule has 0 aliphatic carbocycles. The lowest BCUT2D eigenvalue weighted by molar-refractivity contribution is 1.34. The van der Waals surface area contributed by atoms with Crippen molar-refractivity contribution in [2.45, 2.75) is 0 Å². The SMILES string of the molecule is c1cc(-c2ccc3ccc4ccc(-c5cnc6ccccc6c5)nc4c3n2)cc(-c2cc3ccccc3c3ccccc23)c1. The van der Waals surface area contributed by atoms with Crippen LogP contribution >= 0.6 is 0 Å². The molecule has 0 bridgehead atoms. The molecule has 0 fully saturated rings. The van der Waals surface area contributed by atoms with E-state index in [9.17, 15) is 0 Å².